The molecule has 0 bridgehead atoms. The van der Waals surface area contributed by atoms with Gasteiger partial charge in [0.05, 0.1) is 5.69 Å². The van der Waals surface area contributed by atoms with Crippen LogP contribution in [0.3, 0.4) is 0 Å². The third kappa shape index (κ3) is 4.14. The van der Waals surface area contributed by atoms with Gasteiger partial charge >= 0.3 is 0 Å². The summed E-state index contributed by atoms with van der Waals surface area (Å²) in [5.74, 6) is -1.18. The highest BCUT2D eigenvalue weighted by molar-refractivity contribution is 9.10. The van der Waals surface area contributed by atoms with Gasteiger partial charge in [-0.25, -0.2) is 4.39 Å². The van der Waals surface area contributed by atoms with Crippen molar-refractivity contribution < 1.29 is 18.7 Å². The van der Waals surface area contributed by atoms with Crippen LogP contribution in [0.25, 0.3) is 0 Å². The molecule has 0 saturated heterocycles. The van der Waals surface area contributed by atoms with E-state index in [1.807, 2.05) is 19.1 Å². The molecule has 0 atom stereocenters. The van der Waals surface area contributed by atoms with Gasteiger partial charge in [-0.1, -0.05) is 6.07 Å². The van der Waals surface area contributed by atoms with Crippen molar-refractivity contribution in [3.8, 4) is 5.75 Å². The second-order valence-corrected chi connectivity index (χ2v) is 5.48. The Labute approximate surface area is 135 Å². The normalized spacial score (nSPS) is 10.1. The second-order valence-electron chi connectivity index (χ2n) is 4.63. The lowest BCUT2D eigenvalue weighted by molar-refractivity contribution is -0.118. The van der Waals surface area contributed by atoms with Crippen LogP contribution < -0.4 is 10.1 Å². The molecule has 0 aromatic heterocycles. The Hall–Kier alpha value is -2.21. The maximum atomic E-state index is 13.6. The average Bonchev–Trinajstić information content (AvgIpc) is 2.48. The van der Waals surface area contributed by atoms with Crippen LogP contribution in [0.15, 0.2) is 40.9 Å². The molecule has 2 aromatic carbocycles. The molecule has 0 fully saturated rings. The SMILES string of the molecule is Cc1ccc(NC(=O)COc2ccc(C=O)cc2F)c(Br)c1. The fourth-order valence-corrected chi connectivity index (χ4v) is 2.35. The van der Waals surface area contributed by atoms with Gasteiger partial charge in [-0.2, -0.15) is 0 Å². The number of hydrogen-bond acceptors (Lipinski definition) is 3. The van der Waals surface area contributed by atoms with Crippen LogP contribution >= 0.6 is 15.9 Å². The highest BCUT2D eigenvalue weighted by atomic mass is 79.9. The van der Waals surface area contributed by atoms with Gasteiger partial charge < -0.3 is 10.1 Å². The van der Waals surface area contributed by atoms with E-state index in [0.717, 1.165) is 16.1 Å². The largest absolute Gasteiger partial charge is 0.481 e. The summed E-state index contributed by atoms with van der Waals surface area (Å²) in [6.07, 6.45) is 0.536. The van der Waals surface area contributed by atoms with Crippen molar-refractivity contribution in [2.24, 2.45) is 0 Å². The standard InChI is InChI=1S/C16H13BrFNO3/c1-10-2-4-14(12(17)6-10)19-16(21)9-22-15-5-3-11(8-20)7-13(15)18/h2-8H,9H2,1H3,(H,19,21). The molecule has 0 aliphatic heterocycles. The van der Waals surface area contributed by atoms with Crippen molar-refractivity contribution >= 4 is 33.8 Å². The Morgan fingerprint density at radius 2 is 2.09 bits per heavy atom. The molecule has 1 amide bonds. The van der Waals surface area contributed by atoms with Crippen molar-refractivity contribution in [3.05, 3.63) is 57.8 Å². The van der Waals surface area contributed by atoms with Crippen molar-refractivity contribution in [1.29, 1.82) is 0 Å². The van der Waals surface area contributed by atoms with Crippen molar-refractivity contribution in [1.82, 2.24) is 0 Å². The fourth-order valence-electron chi connectivity index (χ4n) is 1.76. The average molecular weight is 366 g/mol. The molecule has 2 aromatic rings. The van der Waals surface area contributed by atoms with Gasteiger partial charge in [-0.3, -0.25) is 9.59 Å². The van der Waals surface area contributed by atoms with Gasteiger partial charge in [0.1, 0.15) is 6.29 Å². The van der Waals surface area contributed by atoms with Crippen molar-refractivity contribution in [2.45, 2.75) is 6.92 Å². The van der Waals surface area contributed by atoms with Gasteiger partial charge in [0, 0.05) is 10.0 Å². The first-order valence-corrected chi connectivity index (χ1v) is 7.22. The maximum Gasteiger partial charge on any atom is 0.262 e. The summed E-state index contributed by atoms with van der Waals surface area (Å²) in [6, 6.07) is 9.27. The Morgan fingerprint density at radius 1 is 1.32 bits per heavy atom. The van der Waals surface area contributed by atoms with Crippen LogP contribution in [-0.4, -0.2) is 18.8 Å². The number of aldehydes is 1. The predicted octanol–water partition coefficient (Wildman–Crippen LogP) is 3.73. The summed E-state index contributed by atoms with van der Waals surface area (Å²) in [6.45, 7) is 1.60. The van der Waals surface area contributed by atoms with Gasteiger partial charge in [-0.15, -0.1) is 0 Å². The van der Waals surface area contributed by atoms with E-state index in [-0.39, 0.29) is 17.9 Å². The number of rotatable bonds is 5. The summed E-state index contributed by atoms with van der Waals surface area (Å²) in [4.78, 5) is 22.3. The first-order valence-electron chi connectivity index (χ1n) is 6.43. The molecule has 0 unspecified atom stereocenters. The zero-order valence-corrected chi connectivity index (χ0v) is 13.3. The van der Waals surface area contributed by atoms with E-state index in [1.54, 1.807) is 6.07 Å². The minimum atomic E-state index is -0.686. The quantitative estimate of drug-likeness (QED) is 0.821. The van der Waals surface area contributed by atoms with E-state index in [0.29, 0.717) is 12.0 Å². The smallest absolute Gasteiger partial charge is 0.262 e. The number of benzene rings is 2. The monoisotopic (exact) mass is 365 g/mol. The van der Waals surface area contributed by atoms with Crippen molar-refractivity contribution in [2.75, 3.05) is 11.9 Å². The van der Waals surface area contributed by atoms with E-state index in [9.17, 15) is 14.0 Å². The Balaban J connectivity index is 1.96. The molecule has 4 nitrogen and oxygen atoms in total. The predicted molar refractivity (Wildman–Crippen MR) is 84.8 cm³/mol. The molecule has 0 saturated carbocycles. The number of anilines is 1. The molecule has 114 valence electrons. The van der Waals surface area contributed by atoms with Crippen LogP contribution in [0, 0.1) is 12.7 Å². The third-order valence-corrected chi connectivity index (χ3v) is 3.51. The van der Waals surface area contributed by atoms with Gasteiger partial charge in [0.15, 0.2) is 18.2 Å². The van der Waals surface area contributed by atoms with Crippen LogP contribution in [0.4, 0.5) is 10.1 Å². The summed E-state index contributed by atoms with van der Waals surface area (Å²) in [5, 5.41) is 2.66. The molecular formula is C16H13BrFNO3. The molecular weight excluding hydrogens is 353 g/mol. The van der Waals surface area contributed by atoms with E-state index in [2.05, 4.69) is 21.2 Å². The molecule has 0 spiro atoms. The number of hydrogen-bond donors (Lipinski definition) is 1. The Kier molecular flexibility index (Phi) is 5.27. The highest BCUT2D eigenvalue weighted by Crippen LogP contribution is 2.23. The lowest BCUT2D eigenvalue weighted by Crippen LogP contribution is -2.20. The number of carbonyl (C=O) groups is 2. The van der Waals surface area contributed by atoms with Crippen LogP contribution in [0.1, 0.15) is 15.9 Å². The minimum absolute atomic E-state index is 0.0799. The second kappa shape index (κ2) is 7.17. The minimum Gasteiger partial charge on any atom is -0.481 e. The molecule has 22 heavy (non-hydrogen) atoms. The molecule has 0 radical (unpaired) electrons. The van der Waals surface area contributed by atoms with Gasteiger partial charge in [-0.05, 0) is 58.7 Å². The highest BCUT2D eigenvalue weighted by Gasteiger charge is 2.09. The number of ether oxygens (including phenoxy) is 1. The number of carbonyl (C=O) groups excluding carboxylic acids is 2. The molecule has 0 aliphatic carbocycles. The molecule has 1 N–H and O–H groups in total. The first-order chi connectivity index (χ1) is 10.5. The van der Waals surface area contributed by atoms with Gasteiger partial charge in [0.25, 0.3) is 5.91 Å². The first kappa shape index (κ1) is 16.2. The topological polar surface area (TPSA) is 55.4 Å². The lowest BCUT2D eigenvalue weighted by Gasteiger charge is -2.10. The summed E-state index contributed by atoms with van der Waals surface area (Å²) in [7, 11) is 0. The lowest BCUT2D eigenvalue weighted by atomic mass is 10.2. The Bertz CT molecular complexity index is 719. The third-order valence-electron chi connectivity index (χ3n) is 2.85. The van der Waals surface area contributed by atoms with Crippen LogP contribution in [0.5, 0.6) is 5.75 Å². The molecule has 0 aliphatic rings. The van der Waals surface area contributed by atoms with Gasteiger partial charge in [0.2, 0.25) is 0 Å². The zero-order chi connectivity index (χ0) is 16.1. The van der Waals surface area contributed by atoms with E-state index in [1.165, 1.54) is 12.1 Å². The number of halogens is 2. The summed E-state index contributed by atoms with van der Waals surface area (Å²) < 4.78 is 19.5. The summed E-state index contributed by atoms with van der Waals surface area (Å²) in [5.41, 5.74) is 1.87. The molecule has 0 heterocycles. The number of amides is 1. The Morgan fingerprint density at radius 3 is 2.73 bits per heavy atom. The van der Waals surface area contributed by atoms with Crippen LogP contribution in [-0.2, 0) is 4.79 Å². The molecule has 6 heteroatoms. The van der Waals surface area contributed by atoms with Crippen LogP contribution in [0.2, 0.25) is 0 Å². The summed E-state index contributed by atoms with van der Waals surface area (Å²) >= 11 is 3.35. The van der Waals surface area contributed by atoms with E-state index in [4.69, 9.17) is 4.74 Å². The fraction of sp³-hybridized carbons (Fsp3) is 0.125. The number of nitrogens with one attached hydrogen (secondary N) is 1. The molecule has 2 rings (SSSR count). The van der Waals surface area contributed by atoms with Crippen molar-refractivity contribution in [3.63, 3.8) is 0 Å². The zero-order valence-electron chi connectivity index (χ0n) is 11.7. The number of aryl methyl sites for hydroxylation is 1. The van der Waals surface area contributed by atoms with E-state index < -0.39 is 11.7 Å². The maximum absolute atomic E-state index is 13.6. The van der Waals surface area contributed by atoms with E-state index >= 15 is 0 Å².